The fourth-order valence-electron chi connectivity index (χ4n) is 1.73. The molecule has 4 nitrogen and oxygen atoms in total. The molecule has 16 heavy (non-hydrogen) atoms. The molecule has 1 saturated heterocycles. The van der Waals surface area contributed by atoms with Crippen molar-refractivity contribution in [1.82, 2.24) is 5.32 Å². The molecule has 0 radical (unpaired) electrons. The molecule has 0 saturated carbocycles. The van der Waals surface area contributed by atoms with Gasteiger partial charge >= 0.3 is 0 Å². The van der Waals surface area contributed by atoms with Crippen molar-refractivity contribution in [3.8, 4) is 0 Å². The Bertz CT molecular complexity index is 509. The van der Waals surface area contributed by atoms with E-state index in [-0.39, 0.29) is 16.8 Å². The van der Waals surface area contributed by atoms with E-state index in [2.05, 4.69) is 5.32 Å². The van der Waals surface area contributed by atoms with E-state index in [4.69, 9.17) is 10.7 Å². The minimum absolute atomic E-state index is 0.0143. The van der Waals surface area contributed by atoms with Gasteiger partial charge < -0.3 is 5.32 Å². The van der Waals surface area contributed by atoms with Crippen molar-refractivity contribution >= 4 is 25.6 Å². The molecule has 1 aromatic carbocycles. The van der Waals surface area contributed by atoms with Gasteiger partial charge in [0, 0.05) is 17.1 Å². The highest BCUT2D eigenvalue weighted by Crippen LogP contribution is 2.25. The molecule has 86 valence electrons. The molecule has 1 amide bonds. The average Bonchev–Trinajstić information content (AvgIpc) is 2.64. The number of rotatable bonds is 2. The van der Waals surface area contributed by atoms with Gasteiger partial charge in [-0.05, 0) is 24.1 Å². The van der Waals surface area contributed by atoms with Gasteiger partial charge in [0.2, 0.25) is 5.91 Å². The molecule has 1 unspecified atom stereocenters. The van der Waals surface area contributed by atoms with Gasteiger partial charge in [-0.1, -0.05) is 12.1 Å². The van der Waals surface area contributed by atoms with E-state index >= 15 is 0 Å². The van der Waals surface area contributed by atoms with Crippen LogP contribution < -0.4 is 5.32 Å². The van der Waals surface area contributed by atoms with E-state index in [1.54, 1.807) is 12.1 Å². The Kier molecular flexibility index (Phi) is 2.90. The fraction of sp³-hybridized carbons (Fsp3) is 0.300. The van der Waals surface area contributed by atoms with Gasteiger partial charge in [0.05, 0.1) is 10.9 Å². The molecule has 0 aromatic heterocycles. The van der Waals surface area contributed by atoms with Gasteiger partial charge in [-0.15, -0.1) is 0 Å². The molecular weight excluding hydrogens is 250 g/mol. The third-order valence-corrected chi connectivity index (χ3v) is 3.93. The van der Waals surface area contributed by atoms with Crippen molar-refractivity contribution in [2.24, 2.45) is 0 Å². The summed E-state index contributed by atoms with van der Waals surface area (Å²) in [6.07, 6.45) is 1.26. The number of halogens is 1. The summed E-state index contributed by atoms with van der Waals surface area (Å²) in [5, 5.41) is 2.81. The molecule has 1 aromatic rings. The first-order valence-corrected chi connectivity index (χ1v) is 7.12. The molecule has 1 aliphatic heterocycles. The third kappa shape index (κ3) is 2.36. The molecule has 6 heteroatoms. The van der Waals surface area contributed by atoms with Crippen LogP contribution in [0, 0.1) is 0 Å². The monoisotopic (exact) mass is 259 g/mol. The second-order valence-corrected chi connectivity index (χ2v) is 6.23. The van der Waals surface area contributed by atoms with Crippen molar-refractivity contribution in [1.29, 1.82) is 0 Å². The van der Waals surface area contributed by atoms with Crippen LogP contribution in [0.3, 0.4) is 0 Å². The van der Waals surface area contributed by atoms with Crippen molar-refractivity contribution in [3.05, 3.63) is 29.8 Å². The maximum atomic E-state index is 11.0. The van der Waals surface area contributed by atoms with Crippen LogP contribution in [0.15, 0.2) is 29.2 Å². The predicted molar refractivity (Wildman–Crippen MR) is 59.6 cm³/mol. The Morgan fingerprint density at radius 2 is 1.88 bits per heavy atom. The highest BCUT2D eigenvalue weighted by atomic mass is 35.7. The Morgan fingerprint density at radius 3 is 2.31 bits per heavy atom. The quantitative estimate of drug-likeness (QED) is 0.820. The summed E-state index contributed by atoms with van der Waals surface area (Å²) in [5.74, 6) is 0.0269. The summed E-state index contributed by atoms with van der Waals surface area (Å²) >= 11 is 0. The van der Waals surface area contributed by atoms with Crippen LogP contribution in [0.25, 0.3) is 0 Å². The lowest BCUT2D eigenvalue weighted by Gasteiger charge is -2.10. The summed E-state index contributed by atoms with van der Waals surface area (Å²) in [5.41, 5.74) is 0.898. The Morgan fingerprint density at radius 1 is 1.25 bits per heavy atom. The van der Waals surface area contributed by atoms with E-state index in [0.717, 1.165) is 12.0 Å². The van der Waals surface area contributed by atoms with Crippen LogP contribution in [0.5, 0.6) is 0 Å². The van der Waals surface area contributed by atoms with Crippen LogP contribution in [0.1, 0.15) is 24.4 Å². The molecule has 1 fully saturated rings. The summed E-state index contributed by atoms with van der Waals surface area (Å²) in [7, 11) is 1.53. The van der Waals surface area contributed by atoms with E-state index < -0.39 is 9.05 Å². The minimum Gasteiger partial charge on any atom is -0.349 e. The number of amides is 1. The molecule has 0 aliphatic carbocycles. The Labute approximate surface area is 98.0 Å². The zero-order valence-electron chi connectivity index (χ0n) is 8.31. The third-order valence-electron chi connectivity index (χ3n) is 2.56. The van der Waals surface area contributed by atoms with E-state index in [1.807, 2.05) is 0 Å². The Hall–Kier alpha value is -1.07. The van der Waals surface area contributed by atoms with Crippen molar-refractivity contribution < 1.29 is 13.2 Å². The molecule has 1 atom stereocenters. The first kappa shape index (κ1) is 11.4. The van der Waals surface area contributed by atoms with Gasteiger partial charge in [0.15, 0.2) is 0 Å². The number of hydrogen-bond donors (Lipinski definition) is 1. The first-order chi connectivity index (χ1) is 7.47. The number of hydrogen-bond acceptors (Lipinski definition) is 3. The van der Waals surface area contributed by atoms with Crippen molar-refractivity contribution in [3.63, 3.8) is 0 Å². The lowest BCUT2D eigenvalue weighted by Crippen LogP contribution is -2.18. The fourth-order valence-corrected chi connectivity index (χ4v) is 2.50. The first-order valence-electron chi connectivity index (χ1n) is 4.81. The van der Waals surface area contributed by atoms with E-state index in [0.29, 0.717) is 6.42 Å². The van der Waals surface area contributed by atoms with Crippen LogP contribution in [-0.4, -0.2) is 14.3 Å². The maximum Gasteiger partial charge on any atom is 0.261 e. The molecule has 0 spiro atoms. The van der Waals surface area contributed by atoms with Crippen molar-refractivity contribution in [2.75, 3.05) is 0 Å². The van der Waals surface area contributed by atoms with Crippen LogP contribution >= 0.6 is 10.7 Å². The summed E-state index contributed by atoms with van der Waals surface area (Å²) < 4.78 is 22.0. The molecule has 1 heterocycles. The highest BCUT2D eigenvalue weighted by Gasteiger charge is 2.22. The van der Waals surface area contributed by atoms with Crippen molar-refractivity contribution in [2.45, 2.75) is 23.8 Å². The van der Waals surface area contributed by atoms with Gasteiger partial charge in [0.1, 0.15) is 0 Å². The van der Waals surface area contributed by atoms with Gasteiger partial charge in [-0.25, -0.2) is 8.42 Å². The smallest absolute Gasteiger partial charge is 0.261 e. The standard InChI is InChI=1S/C10H10ClNO3S/c11-16(14,15)8-3-1-7(2-4-8)9-5-6-10(13)12-9/h1-4,9H,5-6H2,(H,12,13). The molecule has 1 N–H and O–H groups in total. The summed E-state index contributed by atoms with van der Waals surface area (Å²) in [6.45, 7) is 0. The van der Waals surface area contributed by atoms with Crippen LogP contribution in [0.2, 0.25) is 0 Å². The largest absolute Gasteiger partial charge is 0.349 e. The average molecular weight is 260 g/mol. The molecular formula is C10H10ClNO3S. The summed E-state index contributed by atoms with van der Waals surface area (Å²) in [6, 6.07) is 6.22. The normalized spacial score (nSPS) is 20.8. The van der Waals surface area contributed by atoms with Gasteiger partial charge in [-0.3, -0.25) is 4.79 Å². The van der Waals surface area contributed by atoms with Gasteiger partial charge in [0.25, 0.3) is 9.05 Å². The number of carbonyl (C=O) groups excluding carboxylic acids is 1. The minimum atomic E-state index is -3.67. The molecule has 2 rings (SSSR count). The molecule has 1 aliphatic rings. The van der Waals surface area contributed by atoms with E-state index in [9.17, 15) is 13.2 Å². The molecule has 0 bridgehead atoms. The zero-order chi connectivity index (χ0) is 11.8. The lowest BCUT2D eigenvalue weighted by atomic mass is 10.1. The SMILES string of the molecule is O=C1CCC(c2ccc(S(=O)(=O)Cl)cc2)N1. The Balaban J connectivity index is 2.23. The van der Waals surface area contributed by atoms with Crippen LogP contribution in [-0.2, 0) is 13.8 Å². The summed E-state index contributed by atoms with van der Waals surface area (Å²) in [4.78, 5) is 11.1. The lowest BCUT2D eigenvalue weighted by molar-refractivity contribution is -0.119. The maximum absolute atomic E-state index is 11.0. The number of nitrogens with one attached hydrogen (secondary N) is 1. The topological polar surface area (TPSA) is 63.2 Å². The second kappa shape index (κ2) is 4.07. The van der Waals surface area contributed by atoms with Crippen LogP contribution in [0.4, 0.5) is 0 Å². The second-order valence-electron chi connectivity index (χ2n) is 3.67. The van der Waals surface area contributed by atoms with E-state index in [1.165, 1.54) is 12.1 Å². The zero-order valence-corrected chi connectivity index (χ0v) is 9.88. The number of carbonyl (C=O) groups is 1. The van der Waals surface area contributed by atoms with Gasteiger partial charge in [-0.2, -0.15) is 0 Å². The predicted octanol–water partition coefficient (Wildman–Crippen LogP) is 1.57. The highest BCUT2D eigenvalue weighted by molar-refractivity contribution is 8.13. The number of benzene rings is 1.